The number of carbonyl (C=O) groups is 1. The Balaban J connectivity index is 1.96. The van der Waals surface area contributed by atoms with Crippen LogP contribution in [-0.4, -0.2) is 17.7 Å². The second-order valence-corrected chi connectivity index (χ2v) is 5.00. The predicted molar refractivity (Wildman–Crippen MR) is 79.5 cm³/mol. The molecule has 0 aliphatic heterocycles. The van der Waals surface area contributed by atoms with Crippen LogP contribution in [0, 0.1) is 24.4 Å². The van der Waals surface area contributed by atoms with Crippen molar-refractivity contribution < 1.29 is 23.1 Å². The lowest BCUT2D eigenvalue weighted by molar-refractivity contribution is 0.166. The van der Waals surface area contributed by atoms with Crippen LogP contribution in [0.3, 0.4) is 0 Å². The third-order valence-electron chi connectivity index (χ3n) is 3.09. The molecule has 0 aliphatic carbocycles. The number of benzene rings is 2. The Labute approximate surface area is 131 Å². The van der Waals surface area contributed by atoms with Gasteiger partial charge in [-0.2, -0.15) is 0 Å². The van der Waals surface area contributed by atoms with E-state index in [1.807, 2.05) is 0 Å². The molecule has 23 heavy (non-hydrogen) atoms. The molecule has 0 radical (unpaired) electrons. The van der Waals surface area contributed by atoms with Crippen LogP contribution in [0.5, 0.6) is 0 Å². The van der Waals surface area contributed by atoms with Crippen LogP contribution >= 0.6 is 0 Å². The Morgan fingerprint density at radius 2 is 1.83 bits per heavy atom. The van der Waals surface area contributed by atoms with Gasteiger partial charge < -0.3 is 15.7 Å². The Bertz CT molecular complexity index is 682. The van der Waals surface area contributed by atoms with E-state index in [1.165, 1.54) is 12.1 Å². The van der Waals surface area contributed by atoms with Crippen molar-refractivity contribution in [3.05, 3.63) is 65.0 Å². The summed E-state index contributed by atoms with van der Waals surface area (Å²) in [6, 6.07) is 6.44. The molecule has 1 unspecified atom stereocenters. The van der Waals surface area contributed by atoms with Gasteiger partial charge in [-0.15, -0.1) is 0 Å². The van der Waals surface area contributed by atoms with Gasteiger partial charge in [0.15, 0.2) is 0 Å². The van der Waals surface area contributed by atoms with Crippen molar-refractivity contribution in [2.75, 3.05) is 11.9 Å². The molecule has 0 saturated carbocycles. The van der Waals surface area contributed by atoms with E-state index in [-0.39, 0.29) is 5.69 Å². The van der Waals surface area contributed by atoms with Crippen molar-refractivity contribution in [1.82, 2.24) is 5.32 Å². The molecular formula is C16H15F3N2O2. The summed E-state index contributed by atoms with van der Waals surface area (Å²) in [5.41, 5.74) is 0.328. The number of aliphatic hydroxyl groups excluding tert-OH is 1. The highest BCUT2D eigenvalue weighted by Crippen LogP contribution is 2.20. The molecule has 0 heterocycles. The van der Waals surface area contributed by atoms with Crippen LogP contribution in [0.15, 0.2) is 36.4 Å². The van der Waals surface area contributed by atoms with Crippen molar-refractivity contribution in [2.45, 2.75) is 13.0 Å². The summed E-state index contributed by atoms with van der Waals surface area (Å²) in [7, 11) is 0. The molecule has 2 amide bonds. The minimum Gasteiger partial charge on any atom is -0.386 e. The van der Waals surface area contributed by atoms with E-state index in [0.29, 0.717) is 5.56 Å². The first-order valence-corrected chi connectivity index (χ1v) is 6.81. The number of aliphatic hydroxyl groups is 1. The van der Waals surface area contributed by atoms with Crippen molar-refractivity contribution in [3.8, 4) is 0 Å². The van der Waals surface area contributed by atoms with E-state index >= 15 is 0 Å². The van der Waals surface area contributed by atoms with Crippen molar-refractivity contribution >= 4 is 11.7 Å². The Morgan fingerprint density at radius 1 is 1.17 bits per heavy atom. The average Bonchev–Trinajstić information content (AvgIpc) is 2.43. The monoisotopic (exact) mass is 324 g/mol. The number of hydrogen-bond donors (Lipinski definition) is 3. The quantitative estimate of drug-likeness (QED) is 0.808. The fourth-order valence-corrected chi connectivity index (χ4v) is 2.10. The SMILES string of the molecule is Cc1cc(F)cc(NC(=O)NCC(O)c2c(F)cccc2F)c1. The lowest BCUT2D eigenvalue weighted by Crippen LogP contribution is -2.32. The number of rotatable bonds is 4. The zero-order valence-electron chi connectivity index (χ0n) is 12.2. The molecule has 0 bridgehead atoms. The Hall–Kier alpha value is -2.54. The number of urea groups is 1. The molecule has 122 valence electrons. The van der Waals surface area contributed by atoms with Gasteiger partial charge in [-0.3, -0.25) is 0 Å². The smallest absolute Gasteiger partial charge is 0.319 e. The van der Waals surface area contributed by atoms with Crippen molar-refractivity contribution in [3.63, 3.8) is 0 Å². The van der Waals surface area contributed by atoms with Crippen molar-refractivity contribution in [1.29, 1.82) is 0 Å². The summed E-state index contributed by atoms with van der Waals surface area (Å²) in [5.74, 6) is -2.31. The van der Waals surface area contributed by atoms with Crippen LogP contribution in [0.25, 0.3) is 0 Å². The predicted octanol–water partition coefficient (Wildman–Crippen LogP) is 3.27. The maximum Gasteiger partial charge on any atom is 0.319 e. The lowest BCUT2D eigenvalue weighted by atomic mass is 10.1. The molecule has 2 aromatic carbocycles. The fraction of sp³-hybridized carbons (Fsp3) is 0.188. The molecule has 1 atom stereocenters. The molecule has 2 aromatic rings. The molecule has 0 aromatic heterocycles. The van der Waals surface area contributed by atoms with Crippen LogP contribution in [0.1, 0.15) is 17.2 Å². The number of nitrogens with one attached hydrogen (secondary N) is 2. The van der Waals surface area contributed by atoms with Crippen molar-refractivity contribution in [2.24, 2.45) is 0 Å². The normalized spacial score (nSPS) is 11.9. The second kappa shape index (κ2) is 7.15. The molecular weight excluding hydrogens is 309 g/mol. The van der Waals surface area contributed by atoms with Crippen LogP contribution in [0.4, 0.5) is 23.7 Å². The summed E-state index contributed by atoms with van der Waals surface area (Å²) in [4.78, 5) is 11.7. The summed E-state index contributed by atoms with van der Waals surface area (Å²) >= 11 is 0. The minimum absolute atomic E-state index is 0.228. The molecule has 0 aliphatic rings. The van der Waals surface area contributed by atoms with E-state index in [9.17, 15) is 23.1 Å². The molecule has 7 heteroatoms. The zero-order valence-corrected chi connectivity index (χ0v) is 12.2. The Morgan fingerprint density at radius 3 is 2.43 bits per heavy atom. The second-order valence-electron chi connectivity index (χ2n) is 5.00. The van der Waals surface area contributed by atoms with Gasteiger partial charge in [0.1, 0.15) is 23.6 Å². The highest BCUT2D eigenvalue weighted by Gasteiger charge is 2.18. The van der Waals surface area contributed by atoms with Crippen LogP contribution in [-0.2, 0) is 0 Å². The van der Waals surface area contributed by atoms with E-state index in [2.05, 4.69) is 10.6 Å². The van der Waals surface area contributed by atoms with Gasteiger partial charge in [-0.05, 0) is 42.8 Å². The molecule has 4 nitrogen and oxygen atoms in total. The van der Waals surface area contributed by atoms with Crippen LogP contribution < -0.4 is 10.6 Å². The van der Waals surface area contributed by atoms with E-state index in [1.54, 1.807) is 13.0 Å². The first-order valence-electron chi connectivity index (χ1n) is 6.81. The maximum atomic E-state index is 13.5. The van der Waals surface area contributed by atoms with Gasteiger partial charge in [0, 0.05) is 12.2 Å². The van der Waals surface area contributed by atoms with Gasteiger partial charge in [-0.1, -0.05) is 6.07 Å². The summed E-state index contributed by atoms with van der Waals surface area (Å²) < 4.78 is 40.2. The summed E-state index contributed by atoms with van der Waals surface area (Å²) in [6.45, 7) is 1.26. The lowest BCUT2D eigenvalue weighted by Gasteiger charge is -2.14. The Kier molecular flexibility index (Phi) is 5.23. The standard InChI is InChI=1S/C16H15F3N2O2/c1-9-5-10(17)7-11(6-9)21-16(23)20-8-14(22)15-12(18)3-2-4-13(15)19/h2-7,14,22H,8H2,1H3,(H2,20,21,23). The largest absolute Gasteiger partial charge is 0.386 e. The highest BCUT2D eigenvalue weighted by atomic mass is 19.1. The van der Waals surface area contributed by atoms with Gasteiger partial charge >= 0.3 is 6.03 Å². The first kappa shape index (κ1) is 16.8. The number of anilines is 1. The van der Waals surface area contributed by atoms with Gasteiger partial charge in [0.25, 0.3) is 0 Å². The highest BCUT2D eigenvalue weighted by molar-refractivity contribution is 5.89. The zero-order chi connectivity index (χ0) is 17.0. The third-order valence-corrected chi connectivity index (χ3v) is 3.09. The van der Waals surface area contributed by atoms with Gasteiger partial charge in [0.2, 0.25) is 0 Å². The molecule has 3 N–H and O–H groups in total. The summed E-state index contributed by atoms with van der Waals surface area (Å²) in [5, 5.41) is 14.4. The number of amides is 2. The molecule has 0 saturated heterocycles. The first-order chi connectivity index (χ1) is 10.9. The molecule has 0 spiro atoms. The van der Waals surface area contributed by atoms with E-state index in [0.717, 1.165) is 18.2 Å². The maximum absolute atomic E-state index is 13.5. The number of carbonyl (C=O) groups excluding carboxylic acids is 1. The summed E-state index contributed by atoms with van der Waals surface area (Å²) in [6.07, 6.45) is -1.55. The van der Waals surface area contributed by atoms with Crippen LogP contribution in [0.2, 0.25) is 0 Å². The minimum atomic E-state index is -1.55. The fourth-order valence-electron chi connectivity index (χ4n) is 2.10. The molecule has 0 fully saturated rings. The number of halogens is 3. The topological polar surface area (TPSA) is 61.4 Å². The van der Waals surface area contributed by atoms with E-state index < -0.39 is 41.7 Å². The third kappa shape index (κ3) is 4.46. The molecule has 2 rings (SSSR count). The van der Waals surface area contributed by atoms with E-state index in [4.69, 9.17) is 0 Å². The number of hydrogen-bond acceptors (Lipinski definition) is 2. The number of aryl methyl sites for hydroxylation is 1. The average molecular weight is 324 g/mol. The van der Waals surface area contributed by atoms with Gasteiger partial charge in [-0.25, -0.2) is 18.0 Å². The van der Waals surface area contributed by atoms with Gasteiger partial charge in [0.05, 0.1) is 5.56 Å².